The van der Waals surface area contributed by atoms with Crippen molar-refractivity contribution in [3.63, 3.8) is 0 Å². The molecule has 0 aliphatic rings. The minimum atomic E-state index is -0.317. The fourth-order valence-electron chi connectivity index (χ4n) is 2.65. The lowest BCUT2D eigenvalue weighted by Crippen LogP contribution is -2.27. The number of hydrogen-bond donors (Lipinski definition) is 1. The fraction of sp³-hybridized carbons (Fsp3) is 0.158. The summed E-state index contributed by atoms with van der Waals surface area (Å²) in [5, 5.41) is 12.4. The molecule has 120 valence electrons. The van der Waals surface area contributed by atoms with E-state index >= 15 is 0 Å². The molecule has 1 amide bonds. The summed E-state index contributed by atoms with van der Waals surface area (Å²) in [5.41, 5.74) is 1.52. The van der Waals surface area contributed by atoms with Crippen LogP contribution in [0.1, 0.15) is 40.2 Å². The molecule has 3 aromatic rings. The van der Waals surface area contributed by atoms with E-state index in [4.69, 9.17) is 4.42 Å². The molecule has 5 nitrogen and oxygen atoms in total. The molecule has 0 saturated heterocycles. The van der Waals surface area contributed by atoms with Gasteiger partial charge in [0.15, 0.2) is 0 Å². The second-order valence-corrected chi connectivity index (χ2v) is 5.52. The van der Waals surface area contributed by atoms with Gasteiger partial charge < -0.3 is 9.73 Å². The molecule has 2 aromatic heterocycles. The maximum Gasteiger partial charge on any atom is 0.256 e. The van der Waals surface area contributed by atoms with Crippen molar-refractivity contribution in [2.75, 3.05) is 0 Å². The van der Waals surface area contributed by atoms with Gasteiger partial charge in [-0.15, -0.1) is 0 Å². The summed E-state index contributed by atoms with van der Waals surface area (Å²) in [5.74, 6) is 0.466. The number of amides is 1. The van der Waals surface area contributed by atoms with E-state index < -0.39 is 0 Å². The standard InChI is InChI=1S/C19H17N3O2/c1-13(15-8-4-3-5-9-15)21-18(23)17-14(2)24-19(16(17)12-20)22-10-6-7-11-22/h3-11,13H,1-2H3,(H,21,23). The molecule has 0 aliphatic heterocycles. The maximum atomic E-state index is 12.7. The molecule has 1 unspecified atom stereocenters. The summed E-state index contributed by atoms with van der Waals surface area (Å²) in [6.45, 7) is 3.59. The van der Waals surface area contributed by atoms with Crippen LogP contribution < -0.4 is 5.32 Å². The quantitative estimate of drug-likeness (QED) is 0.796. The highest BCUT2D eigenvalue weighted by atomic mass is 16.4. The third kappa shape index (κ3) is 2.82. The Labute approximate surface area is 140 Å². The van der Waals surface area contributed by atoms with Crippen molar-refractivity contribution in [1.29, 1.82) is 5.26 Å². The summed E-state index contributed by atoms with van der Waals surface area (Å²) in [4.78, 5) is 12.7. The van der Waals surface area contributed by atoms with E-state index in [0.29, 0.717) is 11.6 Å². The molecule has 0 radical (unpaired) electrons. The summed E-state index contributed by atoms with van der Waals surface area (Å²) in [7, 11) is 0. The van der Waals surface area contributed by atoms with Crippen LogP contribution >= 0.6 is 0 Å². The van der Waals surface area contributed by atoms with Gasteiger partial charge in [0, 0.05) is 12.4 Å². The van der Waals surface area contributed by atoms with Gasteiger partial charge in [-0.3, -0.25) is 9.36 Å². The van der Waals surface area contributed by atoms with Gasteiger partial charge in [0.2, 0.25) is 5.88 Å². The third-order valence-corrected chi connectivity index (χ3v) is 3.89. The van der Waals surface area contributed by atoms with Crippen LogP contribution in [0.3, 0.4) is 0 Å². The predicted octanol–water partition coefficient (Wildman–Crippen LogP) is 3.74. The van der Waals surface area contributed by atoms with Crippen LogP contribution in [-0.2, 0) is 0 Å². The average Bonchev–Trinajstić information content (AvgIpc) is 3.22. The van der Waals surface area contributed by atoms with E-state index in [2.05, 4.69) is 11.4 Å². The molecule has 0 saturated carbocycles. The maximum absolute atomic E-state index is 12.7. The zero-order valence-electron chi connectivity index (χ0n) is 13.5. The van der Waals surface area contributed by atoms with Crippen LogP contribution in [0.5, 0.6) is 0 Å². The molecule has 0 fully saturated rings. The van der Waals surface area contributed by atoms with Crippen LogP contribution in [0.2, 0.25) is 0 Å². The monoisotopic (exact) mass is 319 g/mol. The van der Waals surface area contributed by atoms with E-state index in [1.165, 1.54) is 0 Å². The Bertz CT molecular complexity index is 887. The van der Waals surface area contributed by atoms with Gasteiger partial charge in [-0.1, -0.05) is 30.3 Å². The first kappa shape index (κ1) is 15.6. The average molecular weight is 319 g/mol. The van der Waals surface area contributed by atoms with Crippen LogP contribution in [0.25, 0.3) is 5.88 Å². The molecule has 0 bridgehead atoms. The van der Waals surface area contributed by atoms with Crippen molar-refractivity contribution >= 4 is 5.91 Å². The largest absolute Gasteiger partial charge is 0.443 e. The summed E-state index contributed by atoms with van der Waals surface area (Å²) in [6, 6.07) is 15.2. The Kier molecular flexibility index (Phi) is 4.21. The predicted molar refractivity (Wildman–Crippen MR) is 89.8 cm³/mol. The molecule has 0 spiro atoms. The van der Waals surface area contributed by atoms with Crippen molar-refractivity contribution in [2.45, 2.75) is 19.9 Å². The molecule has 3 rings (SSSR count). The topological polar surface area (TPSA) is 71.0 Å². The third-order valence-electron chi connectivity index (χ3n) is 3.89. The lowest BCUT2D eigenvalue weighted by molar-refractivity contribution is 0.0938. The molecule has 2 heterocycles. The highest BCUT2D eigenvalue weighted by Gasteiger charge is 2.25. The van der Waals surface area contributed by atoms with Crippen molar-refractivity contribution in [2.24, 2.45) is 0 Å². The summed E-state index contributed by atoms with van der Waals surface area (Å²) >= 11 is 0. The van der Waals surface area contributed by atoms with Gasteiger partial charge in [-0.25, -0.2) is 0 Å². The molecule has 5 heteroatoms. The summed E-state index contributed by atoms with van der Waals surface area (Å²) < 4.78 is 7.35. The SMILES string of the molecule is Cc1oc(-n2cccc2)c(C#N)c1C(=O)NC(C)c1ccccc1. The molecule has 0 aliphatic carbocycles. The first-order valence-electron chi connectivity index (χ1n) is 7.64. The van der Waals surface area contributed by atoms with E-state index in [1.54, 1.807) is 23.9 Å². The number of nitrogens with zero attached hydrogens (tertiary/aromatic N) is 2. The second-order valence-electron chi connectivity index (χ2n) is 5.52. The highest BCUT2D eigenvalue weighted by Crippen LogP contribution is 2.26. The number of aromatic nitrogens is 1. The molecular weight excluding hydrogens is 302 g/mol. The number of furan rings is 1. The van der Waals surface area contributed by atoms with Gasteiger partial charge in [0.05, 0.1) is 6.04 Å². The lowest BCUT2D eigenvalue weighted by Gasteiger charge is -2.14. The number of nitriles is 1. The minimum absolute atomic E-state index is 0.172. The van der Waals surface area contributed by atoms with E-state index in [9.17, 15) is 10.1 Å². The normalized spacial score (nSPS) is 11.7. The minimum Gasteiger partial charge on any atom is -0.443 e. The van der Waals surface area contributed by atoms with Gasteiger partial charge in [-0.2, -0.15) is 5.26 Å². The van der Waals surface area contributed by atoms with Crippen LogP contribution in [-0.4, -0.2) is 10.5 Å². The van der Waals surface area contributed by atoms with Crippen molar-refractivity contribution in [3.8, 4) is 12.0 Å². The Hall–Kier alpha value is -3.26. The molecule has 1 N–H and O–H groups in total. The van der Waals surface area contributed by atoms with Crippen molar-refractivity contribution in [3.05, 3.63) is 77.3 Å². The van der Waals surface area contributed by atoms with Gasteiger partial charge in [0.25, 0.3) is 5.91 Å². The zero-order valence-corrected chi connectivity index (χ0v) is 13.5. The Morgan fingerprint density at radius 1 is 1.21 bits per heavy atom. The number of nitrogens with one attached hydrogen (secondary N) is 1. The van der Waals surface area contributed by atoms with Crippen molar-refractivity contribution < 1.29 is 9.21 Å². The fourth-order valence-corrected chi connectivity index (χ4v) is 2.65. The van der Waals surface area contributed by atoms with E-state index in [-0.39, 0.29) is 23.1 Å². The smallest absolute Gasteiger partial charge is 0.256 e. The molecule has 1 atom stereocenters. The molecule has 24 heavy (non-hydrogen) atoms. The first-order valence-corrected chi connectivity index (χ1v) is 7.64. The van der Waals surface area contributed by atoms with Gasteiger partial charge in [-0.05, 0) is 31.5 Å². The summed E-state index contributed by atoms with van der Waals surface area (Å²) in [6.07, 6.45) is 3.54. The number of carbonyl (C=O) groups excluding carboxylic acids is 1. The number of carbonyl (C=O) groups is 1. The Balaban J connectivity index is 1.92. The second kappa shape index (κ2) is 6.47. The Morgan fingerprint density at radius 2 is 1.88 bits per heavy atom. The lowest BCUT2D eigenvalue weighted by atomic mass is 10.1. The number of aryl methyl sites for hydroxylation is 1. The van der Waals surface area contributed by atoms with Crippen LogP contribution in [0.15, 0.2) is 59.3 Å². The number of hydrogen-bond acceptors (Lipinski definition) is 3. The Morgan fingerprint density at radius 3 is 2.50 bits per heavy atom. The molecule has 1 aromatic carbocycles. The van der Waals surface area contributed by atoms with Gasteiger partial charge >= 0.3 is 0 Å². The van der Waals surface area contributed by atoms with Gasteiger partial charge in [0.1, 0.15) is 23.0 Å². The molecular formula is C19H17N3O2. The highest BCUT2D eigenvalue weighted by molar-refractivity contribution is 5.98. The van der Waals surface area contributed by atoms with Crippen LogP contribution in [0, 0.1) is 18.3 Å². The van der Waals surface area contributed by atoms with Crippen molar-refractivity contribution in [1.82, 2.24) is 9.88 Å². The number of benzene rings is 1. The van der Waals surface area contributed by atoms with Crippen LogP contribution in [0.4, 0.5) is 0 Å². The first-order chi connectivity index (χ1) is 11.6. The van der Waals surface area contributed by atoms with E-state index in [0.717, 1.165) is 5.56 Å². The van der Waals surface area contributed by atoms with E-state index in [1.807, 2.05) is 49.4 Å². The number of rotatable bonds is 4. The zero-order chi connectivity index (χ0) is 17.1.